The summed E-state index contributed by atoms with van der Waals surface area (Å²) in [5, 5.41) is 2.97. The lowest BCUT2D eigenvalue weighted by Crippen LogP contribution is -2.47. The van der Waals surface area contributed by atoms with E-state index in [1.807, 2.05) is 36.4 Å². The highest BCUT2D eigenvalue weighted by Gasteiger charge is 2.40. The quantitative estimate of drug-likeness (QED) is 0.766. The van der Waals surface area contributed by atoms with Crippen molar-refractivity contribution in [2.24, 2.45) is 4.99 Å². The van der Waals surface area contributed by atoms with Gasteiger partial charge in [0.2, 0.25) is 12.7 Å². The molecule has 0 radical (unpaired) electrons. The summed E-state index contributed by atoms with van der Waals surface area (Å²) < 4.78 is 10.7. The van der Waals surface area contributed by atoms with Crippen molar-refractivity contribution >= 4 is 11.7 Å². The van der Waals surface area contributed by atoms with Crippen molar-refractivity contribution in [2.75, 3.05) is 26.4 Å². The van der Waals surface area contributed by atoms with Crippen LogP contribution in [-0.2, 0) is 16.2 Å². The number of ether oxygens (including phenoxy) is 2. The highest BCUT2D eigenvalue weighted by Crippen LogP contribution is 2.32. The van der Waals surface area contributed by atoms with Gasteiger partial charge in [-0.3, -0.25) is 14.7 Å². The Labute approximate surface area is 174 Å². The molecule has 0 atom stereocenters. The molecule has 30 heavy (non-hydrogen) atoms. The minimum Gasteiger partial charge on any atom is -0.454 e. The first-order valence-electron chi connectivity index (χ1n) is 10.0. The molecule has 0 unspecified atom stereocenters. The number of carbonyl (C=O) groups is 1. The molecule has 2 N–H and O–H groups in total. The van der Waals surface area contributed by atoms with E-state index in [4.69, 9.17) is 19.3 Å². The van der Waals surface area contributed by atoms with Gasteiger partial charge in [-0.05, 0) is 29.8 Å². The molecule has 4 heterocycles. The van der Waals surface area contributed by atoms with Crippen molar-refractivity contribution in [2.45, 2.75) is 25.1 Å². The van der Waals surface area contributed by atoms with Crippen LogP contribution in [0, 0.1) is 0 Å². The number of fused-ring (bicyclic) bond motifs is 1. The van der Waals surface area contributed by atoms with Crippen LogP contribution in [0.25, 0.3) is 0 Å². The van der Waals surface area contributed by atoms with Crippen LogP contribution in [-0.4, -0.2) is 53.8 Å². The molecule has 2 aromatic rings. The largest absolute Gasteiger partial charge is 0.454 e. The first-order valence-corrected chi connectivity index (χ1v) is 10.0. The average molecular weight is 409 g/mol. The number of benzene rings is 1. The standard InChI is InChI=1S/C21H23N5O4/c27-19(23-12-15-4-5-17-18(11-15)29-14-28-17)13-26-9-6-21(7-10-26)24-20(25-30-21)16-3-1-2-8-22-16/h1-5,8,11H,6-7,9-10,12-14H2,(H,23,27)(H,24,25). The molecule has 1 fully saturated rings. The molecular weight excluding hydrogens is 386 g/mol. The zero-order valence-electron chi connectivity index (χ0n) is 16.5. The smallest absolute Gasteiger partial charge is 0.234 e. The van der Waals surface area contributed by atoms with E-state index in [9.17, 15) is 4.79 Å². The lowest BCUT2D eigenvalue weighted by atomic mass is 10.0. The number of nitrogens with one attached hydrogen (secondary N) is 2. The number of carbonyl (C=O) groups excluding carboxylic acids is 1. The molecule has 9 nitrogen and oxygen atoms in total. The van der Waals surface area contributed by atoms with Gasteiger partial charge in [0, 0.05) is 38.7 Å². The van der Waals surface area contributed by atoms with Crippen LogP contribution in [0.1, 0.15) is 24.1 Å². The van der Waals surface area contributed by atoms with Gasteiger partial charge in [0.05, 0.1) is 6.54 Å². The predicted octanol–water partition coefficient (Wildman–Crippen LogP) is 1.20. The van der Waals surface area contributed by atoms with Crippen LogP contribution < -0.4 is 20.3 Å². The van der Waals surface area contributed by atoms with Crippen LogP contribution in [0.2, 0.25) is 0 Å². The summed E-state index contributed by atoms with van der Waals surface area (Å²) in [5.41, 5.74) is 4.08. The van der Waals surface area contributed by atoms with Crippen molar-refractivity contribution in [3.63, 3.8) is 0 Å². The molecule has 3 aliphatic heterocycles. The lowest BCUT2D eigenvalue weighted by molar-refractivity contribution is -0.125. The van der Waals surface area contributed by atoms with Crippen molar-refractivity contribution in [3.05, 3.63) is 53.9 Å². The van der Waals surface area contributed by atoms with Crippen LogP contribution in [0.3, 0.4) is 0 Å². The average Bonchev–Trinajstić information content (AvgIpc) is 3.42. The summed E-state index contributed by atoms with van der Waals surface area (Å²) in [7, 11) is 0. The third-order valence-electron chi connectivity index (χ3n) is 5.49. The second-order valence-electron chi connectivity index (χ2n) is 7.57. The zero-order valence-corrected chi connectivity index (χ0v) is 16.5. The van der Waals surface area contributed by atoms with E-state index in [1.54, 1.807) is 6.20 Å². The van der Waals surface area contributed by atoms with E-state index in [1.165, 1.54) is 0 Å². The van der Waals surface area contributed by atoms with E-state index in [2.05, 4.69) is 20.7 Å². The summed E-state index contributed by atoms with van der Waals surface area (Å²) in [5.74, 6) is 2.11. The maximum atomic E-state index is 12.4. The second-order valence-corrected chi connectivity index (χ2v) is 7.57. The van der Waals surface area contributed by atoms with Gasteiger partial charge < -0.3 is 14.8 Å². The Morgan fingerprint density at radius 1 is 1.17 bits per heavy atom. The fourth-order valence-corrected chi connectivity index (χ4v) is 3.79. The van der Waals surface area contributed by atoms with Gasteiger partial charge in [-0.1, -0.05) is 12.1 Å². The third-order valence-corrected chi connectivity index (χ3v) is 5.49. The van der Waals surface area contributed by atoms with Gasteiger partial charge in [-0.25, -0.2) is 15.3 Å². The molecule has 1 spiro atoms. The molecule has 156 valence electrons. The summed E-state index contributed by atoms with van der Waals surface area (Å²) >= 11 is 0. The Morgan fingerprint density at radius 3 is 2.87 bits per heavy atom. The molecule has 0 aliphatic carbocycles. The Morgan fingerprint density at radius 2 is 2.03 bits per heavy atom. The maximum Gasteiger partial charge on any atom is 0.234 e. The van der Waals surface area contributed by atoms with Crippen molar-refractivity contribution in [1.29, 1.82) is 0 Å². The van der Waals surface area contributed by atoms with Crippen LogP contribution in [0.5, 0.6) is 11.5 Å². The first-order chi connectivity index (χ1) is 14.7. The fourth-order valence-electron chi connectivity index (χ4n) is 3.79. The summed E-state index contributed by atoms with van der Waals surface area (Å²) in [4.78, 5) is 29.3. The first kappa shape index (κ1) is 18.8. The van der Waals surface area contributed by atoms with E-state index >= 15 is 0 Å². The number of nitrogens with zero attached hydrogens (tertiary/aromatic N) is 3. The van der Waals surface area contributed by atoms with Gasteiger partial charge >= 0.3 is 0 Å². The van der Waals surface area contributed by atoms with Gasteiger partial charge in [0.15, 0.2) is 23.1 Å². The van der Waals surface area contributed by atoms with Gasteiger partial charge in [0.25, 0.3) is 0 Å². The highest BCUT2D eigenvalue weighted by atomic mass is 16.7. The molecule has 0 bridgehead atoms. The number of hydrogen-bond acceptors (Lipinski definition) is 8. The number of hydrogen-bond donors (Lipinski definition) is 2. The number of hydroxylamine groups is 1. The van der Waals surface area contributed by atoms with Gasteiger partial charge in [0.1, 0.15) is 5.69 Å². The molecule has 3 aliphatic rings. The number of rotatable bonds is 5. The Kier molecular flexibility index (Phi) is 4.97. The van der Waals surface area contributed by atoms with E-state index < -0.39 is 5.72 Å². The Balaban J connectivity index is 1.10. The number of aliphatic imine (C=N–C) groups is 1. The number of pyridine rings is 1. The fraction of sp³-hybridized carbons (Fsp3) is 0.381. The second kappa shape index (κ2) is 7.92. The van der Waals surface area contributed by atoms with E-state index in [0.717, 1.165) is 35.8 Å². The van der Waals surface area contributed by atoms with Crippen molar-refractivity contribution in [3.8, 4) is 11.5 Å². The topological polar surface area (TPSA) is 97.3 Å². The molecule has 1 amide bonds. The lowest BCUT2D eigenvalue weighted by Gasteiger charge is -2.35. The van der Waals surface area contributed by atoms with E-state index in [0.29, 0.717) is 31.8 Å². The molecule has 9 heteroatoms. The minimum absolute atomic E-state index is 0.00763. The van der Waals surface area contributed by atoms with E-state index in [-0.39, 0.29) is 12.7 Å². The molecule has 1 aromatic carbocycles. The molecule has 5 rings (SSSR count). The number of aromatic nitrogens is 1. The summed E-state index contributed by atoms with van der Waals surface area (Å²) in [6, 6.07) is 11.4. The van der Waals surface area contributed by atoms with Crippen LogP contribution in [0.15, 0.2) is 47.6 Å². The Hall–Kier alpha value is -3.17. The molecule has 1 saturated heterocycles. The SMILES string of the molecule is O=C(CN1CCC2(CC1)N=C(c1ccccn1)NO2)NCc1ccc2c(c1)OCO2. The summed E-state index contributed by atoms with van der Waals surface area (Å²) in [6.45, 7) is 2.52. The van der Waals surface area contributed by atoms with Crippen molar-refractivity contribution < 1.29 is 19.1 Å². The monoisotopic (exact) mass is 409 g/mol. The Bertz CT molecular complexity index is 957. The zero-order chi connectivity index (χ0) is 20.4. The van der Waals surface area contributed by atoms with Gasteiger partial charge in [-0.15, -0.1) is 0 Å². The molecule has 1 aromatic heterocycles. The minimum atomic E-state index is -0.577. The third kappa shape index (κ3) is 3.94. The number of piperidine rings is 1. The normalized spacial score (nSPS) is 19.4. The molecular formula is C21H23N5O4. The number of likely N-dealkylation sites (tertiary alicyclic amines) is 1. The number of amides is 1. The van der Waals surface area contributed by atoms with Gasteiger partial charge in [-0.2, -0.15) is 0 Å². The number of amidine groups is 1. The predicted molar refractivity (Wildman–Crippen MR) is 108 cm³/mol. The van der Waals surface area contributed by atoms with Crippen molar-refractivity contribution in [1.82, 2.24) is 20.7 Å². The summed E-state index contributed by atoms with van der Waals surface area (Å²) in [6.07, 6.45) is 3.16. The molecule has 0 saturated carbocycles. The van der Waals surface area contributed by atoms with Crippen LogP contribution >= 0.6 is 0 Å². The van der Waals surface area contributed by atoms with Crippen LogP contribution in [0.4, 0.5) is 0 Å². The maximum absolute atomic E-state index is 12.4. The highest BCUT2D eigenvalue weighted by molar-refractivity contribution is 5.97.